The van der Waals surface area contributed by atoms with Crippen LogP contribution in [0.15, 0.2) is 35.7 Å². The van der Waals surface area contributed by atoms with Crippen molar-refractivity contribution in [1.29, 1.82) is 0 Å². The van der Waals surface area contributed by atoms with Gasteiger partial charge >= 0.3 is 0 Å². The van der Waals surface area contributed by atoms with Crippen molar-refractivity contribution in [3.8, 4) is 0 Å². The zero-order valence-corrected chi connectivity index (χ0v) is 19.6. The lowest BCUT2D eigenvalue weighted by atomic mass is 10.0. The highest BCUT2D eigenvalue weighted by atomic mass is 35.5. The van der Waals surface area contributed by atoms with E-state index in [-0.39, 0.29) is 17.9 Å². The van der Waals surface area contributed by atoms with Crippen molar-refractivity contribution in [2.24, 2.45) is 5.92 Å². The van der Waals surface area contributed by atoms with Gasteiger partial charge in [0.25, 0.3) is 5.91 Å². The Labute approximate surface area is 188 Å². The third kappa shape index (κ3) is 4.88. The second-order valence-corrected chi connectivity index (χ2v) is 9.47. The number of rotatable bonds is 6. The molecule has 1 fully saturated rings. The number of aryl methyl sites for hydroxylation is 1. The monoisotopic (exact) mass is 447 g/mol. The van der Waals surface area contributed by atoms with Crippen molar-refractivity contribution in [2.75, 3.05) is 24.5 Å². The summed E-state index contributed by atoms with van der Waals surface area (Å²) >= 11 is 7.67. The van der Waals surface area contributed by atoms with E-state index in [0.717, 1.165) is 22.7 Å². The van der Waals surface area contributed by atoms with Crippen molar-refractivity contribution >= 4 is 40.4 Å². The van der Waals surface area contributed by atoms with Gasteiger partial charge < -0.3 is 10.2 Å². The maximum absolute atomic E-state index is 13.9. The molecule has 1 aliphatic heterocycles. The van der Waals surface area contributed by atoms with Crippen LogP contribution in [0, 0.1) is 12.8 Å². The largest absolute Gasteiger partial charge is 0.338 e. The quantitative estimate of drug-likeness (QED) is 0.701. The van der Waals surface area contributed by atoms with Crippen molar-refractivity contribution in [1.82, 2.24) is 10.2 Å². The van der Waals surface area contributed by atoms with Gasteiger partial charge in [0.2, 0.25) is 5.91 Å². The van der Waals surface area contributed by atoms with E-state index < -0.39 is 6.04 Å². The molecule has 0 bridgehead atoms. The molecule has 1 aromatic carbocycles. The molecule has 2 amide bonds. The van der Waals surface area contributed by atoms with Crippen LogP contribution in [0.25, 0.3) is 0 Å². The Balaban J connectivity index is 2.04. The molecule has 162 valence electrons. The number of hydrogen-bond acceptors (Lipinski definition) is 4. The maximum Gasteiger partial charge on any atom is 0.251 e. The number of halogens is 1. The Morgan fingerprint density at radius 2 is 2.10 bits per heavy atom. The fraction of sp³-hybridized carbons (Fsp3) is 0.478. The maximum atomic E-state index is 13.9. The molecule has 2 unspecified atom stereocenters. The minimum Gasteiger partial charge on any atom is -0.338 e. The van der Waals surface area contributed by atoms with Gasteiger partial charge in [-0.25, -0.2) is 0 Å². The van der Waals surface area contributed by atoms with Crippen molar-refractivity contribution < 1.29 is 9.59 Å². The van der Waals surface area contributed by atoms with E-state index in [0.29, 0.717) is 30.5 Å². The molecule has 0 saturated carbocycles. The average molecular weight is 448 g/mol. The highest BCUT2D eigenvalue weighted by molar-refractivity contribution is 7.10. The van der Waals surface area contributed by atoms with Gasteiger partial charge in [-0.15, -0.1) is 11.3 Å². The fourth-order valence-corrected chi connectivity index (χ4v) is 4.91. The molecule has 2 atom stereocenters. The molecular formula is C23H30ClN3O2S. The van der Waals surface area contributed by atoms with E-state index in [1.165, 1.54) is 11.3 Å². The highest BCUT2D eigenvalue weighted by Crippen LogP contribution is 2.35. The summed E-state index contributed by atoms with van der Waals surface area (Å²) in [5, 5.41) is 6.06. The second-order valence-electron chi connectivity index (χ2n) is 8.05. The van der Waals surface area contributed by atoms with Gasteiger partial charge in [-0.2, -0.15) is 0 Å². The predicted molar refractivity (Wildman–Crippen MR) is 124 cm³/mol. The van der Waals surface area contributed by atoms with Crippen molar-refractivity contribution in [3.63, 3.8) is 0 Å². The van der Waals surface area contributed by atoms with Crippen LogP contribution >= 0.6 is 22.9 Å². The Morgan fingerprint density at radius 1 is 1.33 bits per heavy atom. The molecule has 30 heavy (non-hydrogen) atoms. The number of benzene rings is 1. The highest BCUT2D eigenvalue weighted by Gasteiger charge is 2.38. The Kier molecular flexibility index (Phi) is 7.55. The molecule has 0 radical (unpaired) electrons. The van der Waals surface area contributed by atoms with Crippen LogP contribution in [0.4, 0.5) is 5.69 Å². The summed E-state index contributed by atoms with van der Waals surface area (Å²) in [4.78, 5) is 31.5. The molecule has 0 aliphatic carbocycles. The van der Waals surface area contributed by atoms with Crippen molar-refractivity contribution in [3.05, 3.63) is 51.2 Å². The Morgan fingerprint density at radius 3 is 2.70 bits per heavy atom. The first-order chi connectivity index (χ1) is 14.3. The summed E-state index contributed by atoms with van der Waals surface area (Å²) in [6.07, 6.45) is 0.313. The third-order valence-corrected chi connectivity index (χ3v) is 6.78. The van der Waals surface area contributed by atoms with Crippen LogP contribution in [0.5, 0.6) is 0 Å². The van der Waals surface area contributed by atoms with Crippen LogP contribution in [-0.4, -0.2) is 42.4 Å². The number of thiophene rings is 1. The van der Waals surface area contributed by atoms with Gasteiger partial charge in [0, 0.05) is 47.7 Å². The molecule has 1 aliphatic rings. The Bertz CT molecular complexity index is 885. The molecule has 2 aromatic rings. The SMILES string of the molecule is CCC(=O)N(c1ccc(Cl)cc1C)C(C(=O)N1CCNC(C(C)C)C1)c1cccs1. The predicted octanol–water partition coefficient (Wildman–Crippen LogP) is 4.65. The number of nitrogens with one attached hydrogen (secondary N) is 1. The summed E-state index contributed by atoms with van der Waals surface area (Å²) in [5.41, 5.74) is 1.60. The molecule has 0 spiro atoms. The van der Waals surface area contributed by atoms with Crippen LogP contribution in [0.1, 0.15) is 43.7 Å². The van der Waals surface area contributed by atoms with E-state index in [9.17, 15) is 9.59 Å². The zero-order chi connectivity index (χ0) is 21.8. The lowest BCUT2D eigenvalue weighted by Gasteiger charge is -2.40. The molecular weight excluding hydrogens is 418 g/mol. The normalized spacial score (nSPS) is 17.8. The lowest BCUT2D eigenvalue weighted by molar-refractivity contribution is -0.136. The molecule has 7 heteroatoms. The number of hydrogen-bond donors (Lipinski definition) is 1. The van der Waals surface area contributed by atoms with Gasteiger partial charge in [-0.05, 0) is 48.1 Å². The van der Waals surface area contributed by atoms with Crippen LogP contribution < -0.4 is 10.2 Å². The van der Waals surface area contributed by atoms with Crippen LogP contribution in [-0.2, 0) is 9.59 Å². The summed E-state index contributed by atoms with van der Waals surface area (Å²) in [6.45, 7) is 10.1. The first kappa shape index (κ1) is 22.8. The zero-order valence-electron chi connectivity index (χ0n) is 18.0. The van der Waals surface area contributed by atoms with E-state index in [1.807, 2.05) is 48.4 Å². The average Bonchev–Trinajstić information content (AvgIpc) is 3.26. The van der Waals surface area contributed by atoms with E-state index >= 15 is 0 Å². The van der Waals surface area contributed by atoms with Gasteiger partial charge in [0.15, 0.2) is 0 Å². The Hall–Kier alpha value is -1.89. The summed E-state index contributed by atoms with van der Waals surface area (Å²) < 4.78 is 0. The lowest BCUT2D eigenvalue weighted by Crippen LogP contribution is -2.57. The minimum absolute atomic E-state index is 0.0271. The number of anilines is 1. The molecule has 1 saturated heterocycles. The molecule has 1 N–H and O–H groups in total. The summed E-state index contributed by atoms with van der Waals surface area (Å²) in [6, 6.07) is 8.89. The van der Waals surface area contributed by atoms with E-state index in [1.54, 1.807) is 11.0 Å². The molecule has 5 nitrogen and oxygen atoms in total. The standard InChI is InChI=1S/C23H30ClN3O2S/c1-5-21(28)27(19-9-8-17(24)13-16(19)4)22(20-7-6-12-30-20)23(29)26-11-10-25-18(14-26)15(2)3/h6-9,12-13,15,18,22,25H,5,10-11,14H2,1-4H3. The number of piperazine rings is 1. The number of carbonyl (C=O) groups excluding carboxylic acids is 2. The molecule has 1 aromatic heterocycles. The van der Waals surface area contributed by atoms with Gasteiger partial charge in [0.1, 0.15) is 6.04 Å². The fourth-order valence-electron chi connectivity index (χ4n) is 3.88. The summed E-state index contributed by atoms with van der Waals surface area (Å²) in [7, 11) is 0. The first-order valence-electron chi connectivity index (χ1n) is 10.5. The topological polar surface area (TPSA) is 52.7 Å². The van der Waals surface area contributed by atoms with E-state index in [2.05, 4.69) is 19.2 Å². The van der Waals surface area contributed by atoms with E-state index in [4.69, 9.17) is 11.6 Å². The first-order valence-corrected chi connectivity index (χ1v) is 11.7. The van der Waals surface area contributed by atoms with Gasteiger partial charge in [0.05, 0.1) is 0 Å². The van der Waals surface area contributed by atoms with Gasteiger partial charge in [-0.1, -0.05) is 38.4 Å². The third-order valence-electron chi connectivity index (χ3n) is 5.62. The van der Waals surface area contributed by atoms with Crippen LogP contribution in [0.3, 0.4) is 0 Å². The number of nitrogens with zero attached hydrogens (tertiary/aromatic N) is 2. The number of amides is 2. The summed E-state index contributed by atoms with van der Waals surface area (Å²) in [5.74, 6) is 0.316. The molecule has 2 heterocycles. The van der Waals surface area contributed by atoms with Crippen LogP contribution in [0.2, 0.25) is 5.02 Å². The van der Waals surface area contributed by atoms with Crippen molar-refractivity contribution in [2.45, 2.75) is 46.2 Å². The smallest absolute Gasteiger partial charge is 0.251 e. The van der Waals surface area contributed by atoms with Gasteiger partial charge in [-0.3, -0.25) is 14.5 Å². The number of carbonyl (C=O) groups is 2. The second kappa shape index (κ2) is 9.94. The molecule has 3 rings (SSSR count). The minimum atomic E-state index is -0.678.